The van der Waals surface area contributed by atoms with Gasteiger partial charge >= 0.3 is 0 Å². The summed E-state index contributed by atoms with van der Waals surface area (Å²) in [4.78, 5) is 2.33. The van der Waals surface area contributed by atoms with Gasteiger partial charge in [0.05, 0.1) is 11.0 Å². The maximum absolute atomic E-state index is 6.18. The van der Waals surface area contributed by atoms with Gasteiger partial charge in [-0.1, -0.05) is 103 Å². The zero-order chi connectivity index (χ0) is 29.7. The molecule has 0 fully saturated rings. The van der Waals surface area contributed by atoms with Crippen molar-refractivity contribution in [2.75, 3.05) is 4.90 Å². The lowest BCUT2D eigenvalue weighted by Gasteiger charge is -2.26. The molecule has 0 amide bonds. The Bertz CT molecular complexity index is 2430. The highest BCUT2D eigenvalue weighted by atomic mass is 16.3. The predicted molar refractivity (Wildman–Crippen MR) is 188 cm³/mol. The molecule has 0 atom stereocenters. The second kappa shape index (κ2) is 10.3. The fourth-order valence-corrected chi connectivity index (χ4v) is 6.80. The summed E-state index contributed by atoms with van der Waals surface area (Å²) >= 11 is 0. The van der Waals surface area contributed by atoms with E-state index in [0.29, 0.717) is 0 Å². The first kappa shape index (κ1) is 25.4. The van der Waals surface area contributed by atoms with E-state index >= 15 is 0 Å². The number of hydrogen-bond acceptors (Lipinski definition) is 2. The van der Waals surface area contributed by atoms with Crippen LogP contribution in [0.5, 0.6) is 0 Å². The van der Waals surface area contributed by atoms with Crippen LogP contribution in [0.25, 0.3) is 60.6 Å². The van der Waals surface area contributed by atoms with Gasteiger partial charge in [0.1, 0.15) is 11.2 Å². The van der Waals surface area contributed by atoms with E-state index in [-0.39, 0.29) is 0 Å². The molecule has 2 heterocycles. The Morgan fingerprint density at radius 1 is 0.422 bits per heavy atom. The minimum absolute atomic E-state index is 0.908. The molecule has 7 aromatic carbocycles. The van der Waals surface area contributed by atoms with Crippen molar-refractivity contribution in [3.05, 3.63) is 170 Å². The highest BCUT2D eigenvalue weighted by Gasteiger charge is 2.17. The molecule has 0 radical (unpaired) electrons. The topological polar surface area (TPSA) is 21.3 Å². The predicted octanol–water partition coefficient (Wildman–Crippen LogP) is 11.8. The summed E-state index contributed by atoms with van der Waals surface area (Å²) in [6.07, 6.45) is 0. The van der Waals surface area contributed by atoms with E-state index in [1.807, 2.05) is 12.1 Å². The van der Waals surface area contributed by atoms with Gasteiger partial charge in [-0.25, -0.2) is 0 Å². The fraction of sp³-hybridized carbons (Fsp3) is 0. The Morgan fingerprint density at radius 3 is 1.76 bits per heavy atom. The standard InChI is InChI=1S/C42H28N2O/c1-2-12-30(13-3-1)43(31-26-24-29(25-27-31)34-19-11-23-41-42(34)37-18-6-9-22-40(37)45-41)32-14-10-15-33(28-32)44-38-20-7-4-16-35(38)36-17-5-8-21-39(36)44/h1-28H. The van der Waals surface area contributed by atoms with Crippen LogP contribution in [0, 0.1) is 0 Å². The summed E-state index contributed by atoms with van der Waals surface area (Å²) in [5.41, 5.74) is 11.0. The highest BCUT2D eigenvalue weighted by Crippen LogP contribution is 2.40. The van der Waals surface area contributed by atoms with Crippen molar-refractivity contribution in [1.29, 1.82) is 0 Å². The zero-order valence-corrected chi connectivity index (χ0v) is 24.5. The number of hydrogen-bond donors (Lipinski definition) is 0. The number of aromatic nitrogens is 1. The van der Waals surface area contributed by atoms with Crippen molar-refractivity contribution < 1.29 is 4.42 Å². The van der Waals surface area contributed by atoms with Gasteiger partial charge < -0.3 is 13.9 Å². The van der Waals surface area contributed by atoms with E-state index in [0.717, 1.165) is 50.3 Å². The van der Waals surface area contributed by atoms with Crippen LogP contribution in [0.4, 0.5) is 17.1 Å². The molecule has 2 aromatic heterocycles. The molecule has 0 aliphatic rings. The summed E-state index contributed by atoms with van der Waals surface area (Å²) in [6.45, 7) is 0. The minimum Gasteiger partial charge on any atom is -0.456 e. The minimum atomic E-state index is 0.908. The van der Waals surface area contributed by atoms with Crippen LogP contribution < -0.4 is 4.90 Å². The van der Waals surface area contributed by atoms with E-state index < -0.39 is 0 Å². The van der Waals surface area contributed by atoms with Crippen LogP contribution in [0.1, 0.15) is 0 Å². The molecule has 0 aliphatic heterocycles. The SMILES string of the molecule is c1ccc(N(c2ccc(-c3cccc4oc5ccccc5c34)cc2)c2cccc(-n3c4ccccc4c4ccccc43)c2)cc1. The number of nitrogens with zero attached hydrogens (tertiary/aromatic N) is 2. The van der Waals surface area contributed by atoms with Gasteiger partial charge in [0.25, 0.3) is 0 Å². The van der Waals surface area contributed by atoms with Crippen LogP contribution >= 0.6 is 0 Å². The molecule has 0 saturated heterocycles. The molecule has 0 bridgehead atoms. The first-order valence-electron chi connectivity index (χ1n) is 15.3. The summed E-state index contributed by atoms with van der Waals surface area (Å²) in [6, 6.07) is 60.2. The van der Waals surface area contributed by atoms with Gasteiger partial charge in [0.2, 0.25) is 0 Å². The summed E-state index contributed by atoms with van der Waals surface area (Å²) in [5, 5.41) is 4.81. The van der Waals surface area contributed by atoms with Gasteiger partial charge in [0.15, 0.2) is 0 Å². The molecule has 0 spiro atoms. The van der Waals surface area contributed by atoms with Crippen LogP contribution in [0.2, 0.25) is 0 Å². The monoisotopic (exact) mass is 576 g/mol. The molecule has 9 aromatic rings. The molecule has 3 heteroatoms. The van der Waals surface area contributed by atoms with Crippen molar-refractivity contribution in [2.24, 2.45) is 0 Å². The summed E-state index contributed by atoms with van der Waals surface area (Å²) in [5.74, 6) is 0. The first-order chi connectivity index (χ1) is 22.3. The van der Waals surface area contributed by atoms with Gasteiger partial charge in [-0.15, -0.1) is 0 Å². The molecule has 0 aliphatic carbocycles. The molecule has 45 heavy (non-hydrogen) atoms. The maximum Gasteiger partial charge on any atom is 0.136 e. The molecule has 212 valence electrons. The average Bonchev–Trinajstić information content (AvgIpc) is 3.66. The number of rotatable bonds is 5. The van der Waals surface area contributed by atoms with Crippen molar-refractivity contribution >= 4 is 60.8 Å². The number of fused-ring (bicyclic) bond motifs is 6. The Kier molecular flexibility index (Phi) is 5.82. The van der Waals surface area contributed by atoms with E-state index in [1.165, 1.54) is 27.4 Å². The first-order valence-corrected chi connectivity index (χ1v) is 15.3. The number of anilines is 3. The third-order valence-corrected chi connectivity index (χ3v) is 8.78. The quantitative estimate of drug-likeness (QED) is 0.203. The Hall–Kier alpha value is -6.06. The van der Waals surface area contributed by atoms with E-state index in [2.05, 4.69) is 167 Å². The lowest BCUT2D eigenvalue weighted by Crippen LogP contribution is -2.10. The van der Waals surface area contributed by atoms with Crippen molar-refractivity contribution in [3.63, 3.8) is 0 Å². The third-order valence-electron chi connectivity index (χ3n) is 8.78. The fourth-order valence-electron chi connectivity index (χ4n) is 6.80. The summed E-state index contributed by atoms with van der Waals surface area (Å²) < 4.78 is 8.55. The van der Waals surface area contributed by atoms with Crippen molar-refractivity contribution in [3.8, 4) is 16.8 Å². The number of furan rings is 1. The van der Waals surface area contributed by atoms with Gasteiger partial charge in [-0.3, -0.25) is 0 Å². The number of benzene rings is 7. The lowest BCUT2D eigenvalue weighted by atomic mass is 9.99. The molecular formula is C42H28N2O. The van der Waals surface area contributed by atoms with Crippen LogP contribution in [-0.2, 0) is 0 Å². The second-order valence-corrected chi connectivity index (χ2v) is 11.4. The molecular weight excluding hydrogens is 548 g/mol. The zero-order valence-electron chi connectivity index (χ0n) is 24.5. The van der Waals surface area contributed by atoms with Crippen molar-refractivity contribution in [1.82, 2.24) is 4.57 Å². The van der Waals surface area contributed by atoms with Gasteiger partial charge in [0, 0.05) is 44.3 Å². The van der Waals surface area contributed by atoms with E-state index in [1.54, 1.807) is 0 Å². The molecule has 0 unspecified atom stereocenters. The van der Waals surface area contributed by atoms with E-state index in [4.69, 9.17) is 4.42 Å². The van der Waals surface area contributed by atoms with Crippen LogP contribution in [0.15, 0.2) is 174 Å². The molecule has 3 nitrogen and oxygen atoms in total. The van der Waals surface area contributed by atoms with Crippen LogP contribution in [0.3, 0.4) is 0 Å². The number of para-hydroxylation sites is 4. The Morgan fingerprint density at radius 2 is 1.00 bits per heavy atom. The van der Waals surface area contributed by atoms with Gasteiger partial charge in [-0.2, -0.15) is 0 Å². The van der Waals surface area contributed by atoms with Crippen molar-refractivity contribution in [2.45, 2.75) is 0 Å². The molecule has 9 rings (SSSR count). The summed E-state index contributed by atoms with van der Waals surface area (Å²) in [7, 11) is 0. The Labute approximate surface area is 260 Å². The maximum atomic E-state index is 6.18. The smallest absolute Gasteiger partial charge is 0.136 e. The van der Waals surface area contributed by atoms with Gasteiger partial charge in [-0.05, 0) is 77.9 Å². The average molecular weight is 577 g/mol. The lowest BCUT2D eigenvalue weighted by molar-refractivity contribution is 0.669. The van der Waals surface area contributed by atoms with Crippen LogP contribution in [-0.4, -0.2) is 4.57 Å². The highest BCUT2D eigenvalue weighted by molar-refractivity contribution is 6.12. The molecule has 0 N–H and O–H groups in total. The molecule has 0 saturated carbocycles. The Balaban J connectivity index is 1.18. The normalized spacial score (nSPS) is 11.6. The van der Waals surface area contributed by atoms with E-state index in [9.17, 15) is 0 Å². The second-order valence-electron chi connectivity index (χ2n) is 11.4. The third kappa shape index (κ3) is 4.13. The largest absolute Gasteiger partial charge is 0.456 e.